The van der Waals surface area contributed by atoms with Crippen LogP contribution < -0.4 is 14.8 Å². The highest BCUT2D eigenvalue weighted by molar-refractivity contribution is 5.44. The molecule has 25 heavy (non-hydrogen) atoms. The van der Waals surface area contributed by atoms with Gasteiger partial charge in [-0.1, -0.05) is 6.07 Å². The second kappa shape index (κ2) is 7.21. The van der Waals surface area contributed by atoms with Crippen LogP contribution in [0.15, 0.2) is 36.5 Å². The smallest absolute Gasteiger partial charge is 0.224 e. The minimum Gasteiger partial charge on any atom is -0.493 e. The molecule has 0 aliphatic heterocycles. The molecule has 7 heteroatoms. The zero-order chi connectivity index (χ0) is 17.8. The van der Waals surface area contributed by atoms with Crippen molar-refractivity contribution < 1.29 is 9.47 Å². The van der Waals surface area contributed by atoms with Gasteiger partial charge in [0.15, 0.2) is 17.3 Å². The molecule has 0 unspecified atom stereocenters. The van der Waals surface area contributed by atoms with Gasteiger partial charge in [0.1, 0.15) is 0 Å². The lowest BCUT2D eigenvalue weighted by Gasteiger charge is -2.11. The molecule has 7 nitrogen and oxygen atoms in total. The summed E-state index contributed by atoms with van der Waals surface area (Å²) >= 11 is 0. The van der Waals surface area contributed by atoms with Gasteiger partial charge in [-0.15, -0.1) is 0 Å². The van der Waals surface area contributed by atoms with E-state index >= 15 is 0 Å². The number of methoxy groups -OCH3 is 2. The fraction of sp³-hybridized carbons (Fsp3) is 0.278. The van der Waals surface area contributed by atoms with Crippen molar-refractivity contribution in [2.75, 3.05) is 19.5 Å². The molecule has 0 fully saturated rings. The van der Waals surface area contributed by atoms with E-state index in [0.717, 1.165) is 22.8 Å². The monoisotopic (exact) mass is 339 g/mol. The summed E-state index contributed by atoms with van der Waals surface area (Å²) in [6, 6.07) is 9.62. The van der Waals surface area contributed by atoms with E-state index in [9.17, 15) is 0 Å². The number of aryl methyl sites for hydroxylation is 2. The van der Waals surface area contributed by atoms with Crippen LogP contribution in [0.1, 0.15) is 17.0 Å². The first-order valence-electron chi connectivity index (χ1n) is 7.92. The first-order chi connectivity index (χ1) is 12.1. The molecule has 2 heterocycles. The Bertz CT molecular complexity index is 876. The molecule has 0 spiro atoms. The van der Waals surface area contributed by atoms with Gasteiger partial charge >= 0.3 is 0 Å². The van der Waals surface area contributed by atoms with Gasteiger partial charge in [0.2, 0.25) is 5.95 Å². The molecule has 130 valence electrons. The summed E-state index contributed by atoms with van der Waals surface area (Å²) in [6.07, 6.45) is 1.72. The SMILES string of the molecule is COc1ccc(CNc2nccc(-n3nc(C)cc3C)n2)cc1OC. The molecule has 0 saturated heterocycles. The van der Waals surface area contributed by atoms with Gasteiger partial charge in [-0.25, -0.2) is 9.67 Å². The topological polar surface area (TPSA) is 74.1 Å². The van der Waals surface area contributed by atoms with E-state index in [1.165, 1.54) is 0 Å². The van der Waals surface area contributed by atoms with Gasteiger partial charge < -0.3 is 14.8 Å². The predicted octanol–water partition coefficient (Wildman–Crippen LogP) is 2.91. The number of anilines is 1. The molecule has 0 aliphatic rings. The van der Waals surface area contributed by atoms with E-state index in [1.54, 1.807) is 25.1 Å². The van der Waals surface area contributed by atoms with Crippen molar-refractivity contribution in [3.63, 3.8) is 0 Å². The van der Waals surface area contributed by atoms with Crippen LogP contribution in [0.2, 0.25) is 0 Å². The molecule has 0 saturated carbocycles. The Hall–Kier alpha value is -3.09. The van der Waals surface area contributed by atoms with Crippen molar-refractivity contribution in [2.24, 2.45) is 0 Å². The Morgan fingerprint density at radius 3 is 2.52 bits per heavy atom. The number of ether oxygens (including phenoxy) is 2. The quantitative estimate of drug-likeness (QED) is 0.744. The van der Waals surface area contributed by atoms with Crippen molar-refractivity contribution in [1.29, 1.82) is 0 Å². The minimum atomic E-state index is 0.542. The highest BCUT2D eigenvalue weighted by atomic mass is 16.5. The third kappa shape index (κ3) is 3.71. The molecule has 0 atom stereocenters. The van der Waals surface area contributed by atoms with Crippen molar-refractivity contribution in [2.45, 2.75) is 20.4 Å². The third-order valence-corrected chi connectivity index (χ3v) is 3.77. The van der Waals surface area contributed by atoms with E-state index < -0.39 is 0 Å². The lowest BCUT2D eigenvalue weighted by molar-refractivity contribution is 0.354. The van der Waals surface area contributed by atoms with Crippen LogP contribution in [0.25, 0.3) is 5.82 Å². The van der Waals surface area contributed by atoms with Gasteiger partial charge in [-0.3, -0.25) is 0 Å². The average molecular weight is 339 g/mol. The molecule has 1 N–H and O–H groups in total. The fourth-order valence-electron chi connectivity index (χ4n) is 2.58. The van der Waals surface area contributed by atoms with Gasteiger partial charge in [0.05, 0.1) is 19.9 Å². The van der Waals surface area contributed by atoms with Gasteiger partial charge in [-0.05, 0) is 37.6 Å². The molecule has 0 radical (unpaired) electrons. The van der Waals surface area contributed by atoms with E-state index in [1.807, 2.05) is 44.2 Å². The normalized spacial score (nSPS) is 10.6. The van der Waals surface area contributed by atoms with Crippen LogP contribution in [0.3, 0.4) is 0 Å². The highest BCUT2D eigenvalue weighted by Gasteiger charge is 2.08. The van der Waals surface area contributed by atoms with Crippen molar-refractivity contribution in [3.05, 3.63) is 53.5 Å². The van der Waals surface area contributed by atoms with E-state index in [4.69, 9.17) is 9.47 Å². The van der Waals surface area contributed by atoms with E-state index in [2.05, 4.69) is 20.4 Å². The van der Waals surface area contributed by atoms with Gasteiger partial charge in [0, 0.05) is 24.5 Å². The minimum absolute atomic E-state index is 0.542. The van der Waals surface area contributed by atoms with Crippen LogP contribution in [0.5, 0.6) is 11.5 Å². The Balaban J connectivity index is 1.76. The van der Waals surface area contributed by atoms with Crippen molar-refractivity contribution in [1.82, 2.24) is 19.7 Å². The van der Waals surface area contributed by atoms with Crippen LogP contribution in [-0.4, -0.2) is 34.0 Å². The summed E-state index contributed by atoms with van der Waals surface area (Å²) in [4.78, 5) is 8.80. The molecule has 2 aromatic heterocycles. The number of aromatic nitrogens is 4. The molecule has 0 amide bonds. The fourth-order valence-corrected chi connectivity index (χ4v) is 2.58. The van der Waals surface area contributed by atoms with Crippen molar-refractivity contribution in [3.8, 4) is 17.3 Å². The maximum Gasteiger partial charge on any atom is 0.224 e. The lowest BCUT2D eigenvalue weighted by Crippen LogP contribution is -2.08. The number of hydrogen-bond acceptors (Lipinski definition) is 6. The Morgan fingerprint density at radius 2 is 1.84 bits per heavy atom. The standard InChI is InChI=1S/C18H21N5O2/c1-12-9-13(2)23(22-12)17-7-8-19-18(21-17)20-11-14-5-6-15(24-3)16(10-14)25-4/h5-10H,11H2,1-4H3,(H,19,20,21). The predicted molar refractivity (Wildman–Crippen MR) is 95.5 cm³/mol. The van der Waals surface area contributed by atoms with Crippen molar-refractivity contribution >= 4 is 5.95 Å². The van der Waals surface area contributed by atoms with Gasteiger partial charge in [-0.2, -0.15) is 10.1 Å². The maximum atomic E-state index is 5.33. The lowest BCUT2D eigenvalue weighted by atomic mass is 10.2. The molecule has 3 rings (SSSR count). The summed E-state index contributed by atoms with van der Waals surface area (Å²) in [5, 5.41) is 7.68. The molecule has 3 aromatic rings. The molecule has 0 aliphatic carbocycles. The second-order valence-corrected chi connectivity index (χ2v) is 5.62. The number of nitrogens with zero attached hydrogens (tertiary/aromatic N) is 4. The van der Waals surface area contributed by atoms with Crippen LogP contribution in [0, 0.1) is 13.8 Å². The first kappa shape index (κ1) is 16.8. The summed E-state index contributed by atoms with van der Waals surface area (Å²) in [5.74, 6) is 2.67. The zero-order valence-electron chi connectivity index (χ0n) is 14.8. The summed E-state index contributed by atoms with van der Waals surface area (Å²) < 4.78 is 12.4. The summed E-state index contributed by atoms with van der Waals surface area (Å²) in [5.41, 5.74) is 3.02. The van der Waals surface area contributed by atoms with Crippen LogP contribution in [-0.2, 0) is 6.54 Å². The molecular formula is C18H21N5O2. The van der Waals surface area contributed by atoms with E-state index in [-0.39, 0.29) is 0 Å². The van der Waals surface area contributed by atoms with Crippen LogP contribution >= 0.6 is 0 Å². The van der Waals surface area contributed by atoms with Crippen LogP contribution in [0.4, 0.5) is 5.95 Å². The molecular weight excluding hydrogens is 318 g/mol. The number of benzene rings is 1. The second-order valence-electron chi connectivity index (χ2n) is 5.62. The largest absolute Gasteiger partial charge is 0.493 e. The Labute approximate surface area is 146 Å². The molecule has 1 aromatic carbocycles. The molecule has 0 bridgehead atoms. The highest BCUT2D eigenvalue weighted by Crippen LogP contribution is 2.27. The summed E-state index contributed by atoms with van der Waals surface area (Å²) in [7, 11) is 3.24. The van der Waals surface area contributed by atoms with E-state index in [0.29, 0.717) is 24.0 Å². The number of rotatable bonds is 6. The number of nitrogens with one attached hydrogen (secondary N) is 1. The van der Waals surface area contributed by atoms with Gasteiger partial charge in [0.25, 0.3) is 0 Å². The Morgan fingerprint density at radius 1 is 1.04 bits per heavy atom. The maximum absolute atomic E-state index is 5.33. The Kier molecular flexibility index (Phi) is 4.83. The first-order valence-corrected chi connectivity index (χ1v) is 7.92. The summed E-state index contributed by atoms with van der Waals surface area (Å²) in [6.45, 7) is 4.53. The zero-order valence-corrected chi connectivity index (χ0v) is 14.8. The third-order valence-electron chi connectivity index (χ3n) is 3.77. The number of hydrogen-bond donors (Lipinski definition) is 1. The average Bonchev–Trinajstić information content (AvgIpc) is 2.98.